The third-order valence-electron chi connectivity index (χ3n) is 16.1. The molecule has 1 fully saturated rings. The fourth-order valence-electron chi connectivity index (χ4n) is 10.8. The molecule has 0 saturated carbocycles. The highest BCUT2D eigenvalue weighted by Gasteiger charge is 2.47. The molecule has 6 N–H and O–H groups in total. The zero-order valence-electron chi connectivity index (χ0n) is 51.5. The Kier molecular flexibility index (Phi) is 53.4. The van der Waals surface area contributed by atoms with E-state index in [1.54, 1.807) is 6.08 Å². The Morgan fingerprint density at radius 2 is 0.911 bits per heavy atom. The molecule has 0 aliphatic carbocycles. The number of rotatable bonds is 58. The number of aliphatic hydroxyl groups excluding tert-OH is 5. The van der Waals surface area contributed by atoms with Crippen molar-refractivity contribution in [2.75, 3.05) is 13.2 Å². The summed E-state index contributed by atoms with van der Waals surface area (Å²) in [4.78, 5) is 26.6. The van der Waals surface area contributed by atoms with Crippen LogP contribution in [0.4, 0.5) is 0 Å². The molecule has 79 heavy (non-hydrogen) atoms. The summed E-state index contributed by atoms with van der Waals surface area (Å²) in [6.07, 6.45) is 57.7. The first-order valence-corrected chi connectivity index (χ1v) is 33.8. The minimum atomic E-state index is -1.61. The number of amides is 1. The van der Waals surface area contributed by atoms with E-state index in [9.17, 15) is 35.1 Å². The summed E-state index contributed by atoms with van der Waals surface area (Å²) < 4.78 is 17.7. The summed E-state index contributed by atoms with van der Waals surface area (Å²) in [5.41, 5.74) is 0. The molecule has 1 heterocycles. The molecule has 1 rings (SSSR count). The second-order valence-electron chi connectivity index (χ2n) is 23.5. The smallest absolute Gasteiger partial charge is 0.306 e. The van der Waals surface area contributed by atoms with Crippen LogP contribution in [0.25, 0.3) is 0 Å². The lowest BCUT2D eigenvalue weighted by molar-refractivity contribution is -0.305. The molecular formula is C68H127NO10. The van der Waals surface area contributed by atoms with Gasteiger partial charge in [0.25, 0.3) is 0 Å². The minimum Gasteiger partial charge on any atom is -0.454 e. The predicted octanol–water partition coefficient (Wildman–Crippen LogP) is 16.6. The maximum absolute atomic E-state index is 13.4. The molecule has 1 saturated heterocycles. The van der Waals surface area contributed by atoms with Gasteiger partial charge in [0.2, 0.25) is 5.91 Å². The number of ether oxygens (including phenoxy) is 3. The summed E-state index contributed by atoms with van der Waals surface area (Å²) in [5.74, 6) is -1.19. The highest BCUT2D eigenvalue weighted by molar-refractivity contribution is 5.80. The van der Waals surface area contributed by atoms with E-state index in [-0.39, 0.29) is 19.4 Å². The standard InChI is InChI=1S/C68H127NO10/c1-4-7-10-13-16-19-22-25-26-27-28-29-30-31-32-33-34-35-36-38-41-44-47-50-53-56-63(73)79-66-65(75)64(74)62(57-70)78-68(66)77-58-59(60(71)54-51-48-45-42-39-24-21-18-15-12-9-6-3)69-67(76)61(72)55-52-49-46-43-40-37-23-20-17-14-11-8-5-2/h8,11,17,20,51,54,59-62,64-66,68,70-72,74-75H,4-7,9-10,12-16,18-19,21-50,52-53,55-58H2,1-3H3,(H,69,76)/b11-8+,20-17+,54-51+. The lowest BCUT2D eigenvalue weighted by Crippen LogP contribution is -2.61. The number of carbonyl (C=O) groups is 2. The average Bonchev–Trinajstić information content (AvgIpc) is 3.46. The summed E-state index contributed by atoms with van der Waals surface area (Å²) in [7, 11) is 0. The van der Waals surface area contributed by atoms with Crippen molar-refractivity contribution >= 4 is 11.9 Å². The number of hydrogen-bond acceptors (Lipinski definition) is 10. The van der Waals surface area contributed by atoms with Gasteiger partial charge in [-0.1, -0.05) is 301 Å². The van der Waals surface area contributed by atoms with E-state index in [4.69, 9.17) is 14.2 Å². The predicted molar refractivity (Wildman–Crippen MR) is 329 cm³/mol. The van der Waals surface area contributed by atoms with Crippen LogP contribution in [0.5, 0.6) is 0 Å². The van der Waals surface area contributed by atoms with E-state index >= 15 is 0 Å². The molecule has 8 atom stereocenters. The van der Waals surface area contributed by atoms with Crippen LogP contribution in [-0.2, 0) is 23.8 Å². The summed E-state index contributed by atoms with van der Waals surface area (Å²) in [6.45, 7) is 5.71. The Balaban J connectivity index is 2.55. The first-order valence-electron chi connectivity index (χ1n) is 33.8. The Bertz CT molecular complexity index is 1420. The Labute approximate surface area is 485 Å². The van der Waals surface area contributed by atoms with Crippen molar-refractivity contribution < 1.29 is 49.3 Å². The molecule has 1 aliphatic heterocycles. The van der Waals surface area contributed by atoms with Gasteiger partial charge in [-0.3, -0.25) is 9.59 Å². The second-order valence-corrected chi connectivity index (χ2v) is 23.5. The average molecular weight is 1120 g/mol. The summed E-state index contributed by atoms with van der Waals surface area (Å²) in [6, 6.07) is -1.02. The van der Waals surface area contributed by atoms with Crippen LogP contribution >= 0.6 is 0 Å². The van der Waals surface area contributed by atoms with E-state index in [1.165, 1.54) is 186 Å². The highest BCUT2D eigenvalue weighted by atomic mass is 16.7. The van der Waals surface area contributed by atoms with E-state index in [2.05, 4.69) is 50.4 Å². The highest BCUT2D eigenvalue weighted by Crippen LogP contribution is 2.26. The third-order valence-corrected chi connectivity index (χ3v) is 16.1. The Morgan fingerprint density at radius 1 is 0.506 bits per heavy atom. The van der Waals surface area contributed by atoms with Gasteiger partial charge in [0, 0.05) is 6.42 Å². The van der Waals surface area contributed by atoms with Gasteiger partial charge in [0.1, 0.15) is 24.4 Å². The maximum Gasteiger partial charge on any atom is 0.306 e. The molecule has 464 valence electrons. The molecule has 0 aromatic heterocycles. The van der Waals surface area contributed by atoms with Crippen LogP contribution < -0.4 is 5.32 Å². The van der Waals surface area contributed by atoms with Crippen LogP contribution in [0.15, 0.2) is 36.5 Å². The van der Waals surface area contributed by atoms with E-state index in [1.807, 2.05) is 6.08 Å². The number of nitrogens with one attached hydrogen (secondary N) is 1. The number of aliphatic hydroxyl groups is 5. The Morgan fingerprint density at radius 3 is 1.35 bits per heavy atom. The van der Waals surface area contributed by atoms with Crippen molar-refractivity contribution in [2.45, 2.75) is 372 Å². The summed E-state index contributed by atoms with van der Waals surface area (Å²) in [5, 5.41) is 57.0. The third kappa shape index (κ3) is 44.1. The fourth-order valence-corrected chi connectivity index (χ4v) is 10.8. The van der Waals surface area contributed by atoms with Gasteiger partial charge >= 0.3 is 5.97 Å². The van der Waals surface area contributed by atoms with Gasteiger partial charge in [0.15, 0.2) is 12.4 Å². The number of unbranched alkanes of at least 4 members (excludes halogenated alkanes) is 40. The Hall–Kier alpha value is -2.12. The minimum absolute atomic E-state index is 0.128. The van der Waals surface area contributed by atoms with E-state index in [0.29, 0.717) is 12.8 Å². The van der Waals surface area contributed by atoms with Gasteiger partial charge in [-0.25, -0.2) is 0 Å². The van der Waals surface area contributed by atoms with Gasteiger partial charge in [-0.05, 0) is 51.4 Å². The van der Waals surface area contributed by atoms with Crippen LogP contribution in [0.3, 0.4) is 0 Å². The van der Waals surface area contributed by atoms with Crippen LogP contribution in [0, 0.1) is 0 Å². The van der Waals surface area contributed by atoms with Gasteiger partial charge < -0.3 is 45.1 Å². The van der Waals surface area contributed by atoms with Crippen molar-refractivity contribution in [3.63, 3.8) is 0 Å². The monoisotopic (exact) mass is 1120 g/mol. The summed E-state index contributed by atoms with van der Waals surface area (Å²) >= 11 is 0. The SMILES string of the molecule is CC/C=C/C/C=C/CCCCCCCCC(O)C(=O)NC(COC1OC(CO)C(O)C(O)C1OC(=O)CCCCCCCCCCCCCCCCCCCCCCCCCCC)C(O)/C=C/CCCCCCCCCCCC. The van der Waals surface area contributed by atoms with E-state index in [0.717, 1.165) is 89.9 Å². The molecule has 0 bridgehead atoms. The number of allylic oxidation sites excluding steroid dienone is 5. The van der Waals surface area contributed by atoms with Gasteiger partial charge in [-0.2, -0.15) is 0 Å². The number of carbonyl (C=O) groups excluding carboxylic acids is 2. The molecule has 11 nitrogen and oxygen atoms in total. The molecule has 8 unspecified atom stereocenters. The lowest BCUT2D eigenvalue weighted by atomic mass is 9.99. The van der Waals surface area contributed by atoms with Crippen LogP contribution in [0.2, 0.25) is 0 Å². The molecule has 0 spiro atoms. The number of hydrogen-bond donors (Lipinski definition) is 6. The zero-order chi connectivity index (χ0) is 57.5. The maximum atomic E-state index is 13.4. The molecule has 1 aliphatic rings. The zero-order valence-corrected chi connectivity index (χ0v) is 51.5. The van der Waals surface area contributed by atoms with Crippen molar-refractivity contribution in [3.8, 4) is 0 Å². The van der Waals surface area contributed by atoms with Crippen molar-refractivity contribution in [1.82, 2.24) is 5.32 Å². The molecule has 0 aromatic rings. The normalized spacial score (nSPS) is 19.0. The molecule has 1 amide bonds. The first kappa shape index (κ1) is 74.9. The first-order chi connectivity index (χ1) is 38.7. The van der Waals surface area contributed by atoms with Crippen molar-refractivity contribution in [3.05, 3.63) is 36.5 Å². The lowest BCUT2D eigenvalue weighted by Gasteiger charge is -2.41. The van der Waals surface area contributed by atoms with Crippen molar-refractivity contribution in [1.29, 1.82) is 0 Å². The van der Waals surface area contributed by atoms with Gasteiger partial charge in [0.05, 0.1) is 25.4 Å². The molecule has 0 aromatic carbocycles. The fraction of sp³-hybridized carbons (Fsp3) is 0.882. The van der Waals surface area contributed by atoms with E-state index < -0.39 is 67.4 Å². The van der Waals surface area contributed by atoms with Crippen LogP contribution in [-0.4, -0.2) is 99.6 Å². The molecular weight excluding hydrogens is 991 g/mol. The van der Waals surface area contributed by atoms with Crippen molar-refractivity contribution in [2.24, 2.45) is 0 Å². The van der Waals surface area contributed by atoms with Gasteiger partial charge in [-0.15, -0.1) is 0 Å². The van der Waals surface area contributed by atoms with Crippen LogP contribution in [0.1, 0.15) is 323 Å². The quantitative estimate of drug-likeness (QED) is 0.0195. The largest absolute Gasteiger partial charge is 0.454 e. The molecule has 11 heteroatoms. The number of esters is 1. The second kappa shape index (κ2) is 56.4. The molecule has 0 radical (unpaired) electrons. The topological polar surface area (TPSA) is 175 Å².